The second kappa shape index (κ2) is 7.49. The van der Waals surface area contributed by atoms with E-state index in [2.05, 4.69) is 34.6 Å². The Bertz CT molecular complexity index is 712. The van der Waals surface area contributed by atoms with Gasteiger partial charge in [0.15, 0.2) is 0 Å². The molecule has 0 aliphatic heterocycles. The van der Waals surface area contributed by atoms with Crippen molar-refractivity contribution in [3.05, 3.63) is 63.3 Å². The van der Waals surface area contributed by atoms with Crippen LogP contribution in [0.2, 0.25) is 0 Å². The van der Waals surface area contributed by atoms with E-state index in [9.17, 15) is 14.9 Å². The Labute approximate surface area is 134 Å². The lowest BCUT2D eigenvalue weighted by atomic mass is 10.1. The summed E-state index contributed by atoms with van der Waals surface area (Å²) in [5.41, 5.74) is 2.91. The average molecular weight is 313 g/mol. The first-order valence-electron chi connectivity index (χ1n) is 7.42. The maximum atomic E-state index is 11.9. The smallest absolute Gasteiger partial charge is 0.287 e. The maximum Gasteiger partial charge on any atom is 0.287 e. The number of rotatable bonds is 6. The molecule has 0 saturated carbocycles. The third kappa shape index (κ3) is 4.88. The predicted molar refractivity (Wildman–Crippen MR) is 88.4 cm³/mol. The van der Waals surface area contributed by atoms with Crippen LogP contribution in [0, 0.1) is 24.0 Å². The summed E-state index contributed by atoms with van der Waals surface area (Å²) in [6.45, 7) is 3.72. The average Bonchev–Trinajstić information content (AvgIpc) is 2.51. The molecule has 1 aromatic heterocycles. The molecule has 0 aliphatic carbocycles. The molecule has 1 aromatic carbocycles. The van der Waals surface area contributed by atoms with Crippen LogP contribution in [0.4, 0.5) is 11.5 Å². The van der Waals surface area contributed by atoms with E-state index in [4.69, 9.17) is 0 Å². The van der Waals surface area contributed by atoms with Crippen molar-refractivity contribution in [2.75, 3.05) is 5.32 Å². The first-order chi connectivity index (χ1) is 11.0. The zero-order valence-electron chi connectivity index (χ0n) is 13.2. The number of carbonyl (C=O) groups is 1. The van der Waals surface area contributed by atoms with E-state index in [1.165, 1.54) is 17.2 Å². The van der Waals surface area contributed by atoms with Crippen LogP contribution in [-0.4, -0.2) is 15.8 Å². The summed E-state index contributed by atoms with van der Waals surface area (Å²) in [7, 11) is 0. The lowest BCUT2D eigenvalue weighted by Crippen LogP contribution is -2.13. The fourth-order valence-electron chi connectivity index (χ4n) is 2.19. The summed E-state index contributed by atoms with van der Waals surface area (Å²) in [6, 6.07) is 9.64. The quantitative estimate of drug-likeness (QED) is 0.652. The number of amides is 1. The van der Waals surface area contributed by atoms with Gasteiger partial charge in [0.05, 0.1) is 4.92 Å². The van der Waals surface area contributed by atoms with E-state index in [1.54, 1.807) is 6.92 Å². The largest absolute Gasteiger partial charge is 0.310 e. The molecule has 0 radical (unpaired) electrons. The number of aromatic nitrogens is 1. The number of nitrogens with one attached hydrogen (secondary N) is 1. The molecule has 0 atom stereocenters. The molecule has 0 aliphatic rings. The lowest BCUT2D eigenvalue weighted by molar-refractivity contribution is -0.385. The number of anilines is 1. The SMILES string of the molecule is Cc1ccc(CCCC(=O)Nc2ncc([N+](=O)[O-])cc2C)cc1. The summed E-state index contributed by atoms with van der Waals surface area (Å²) in [4.78, 5) is 26.0. The van der Waals surface area contributed by atoms with Gasteiger partial charge < -0.3 is 5.32 Å². The highest BCUT2D eigenvalue weighted by Gasteiger charge is 2.11. The second-order valence-electron chi connectivity index (χ2n) is 5.50. The Morgan fingerprint density at radius 3 is 2.57 bits per heavy atom. The van der Waals surface area contributed by atoms with E-state index in [0.717, 1.165) is 19.0 Å². The molecule has 2 aromatic rings. The molecule has 6 nitrogen and oxygen atoms in total. The highest BCUT2D eigenvalue weighted by molar-refractivity contribution is 5.90. The molecule has 23 heavy (non-hydrogen) atoms. The topological polar surface area (TPSA) is 85.1 Å². The van der Waals surface area contributed by atoms with Crippen molar-refractivity contribution in [2.45, 2.75) is 33.1 Å². The number of hydrogen-bond donors (Lipinski definition) is 1. The van der Waals surface area contributed by atoms with Crippen LogP contribution in [0.3, 0.4) is 0 Å². The number of aryl methyl sites for hydroxylation is 3. The van der Waals surface area contributed by atoms with Crippen molar-refractivity contribution in [1.82, 2.24) is 4.98 Å². The molecule has 2 rings (SSSR count). The van der Waals surface area contributed by atoms with Gasteiger partial charge in [-0.15, -0.1) is 0 Å². The standard InChI is InChI=1S/C17H19N3O3/c1-12-6-8-14(9-7-12)4-3-5-16(21)19-17-13(2)10-15(11-18-17)20(22)23/h6-11H,3-5H2,1-2H3,(H,18,19,21). The van der Waals surface area contributed by atoms with Gasteiger partial charge in [0.1, 0.15) is 12.0 Å². The Balaban J connectivity index is 1.85. The minimum Gasteiger partial charge on any atom is -0.310 e. The van der Waals surface area contributed by atoms with E-state index >= 15 is 0 Å². The molecule has 0 bridgehead atoms. The lowest BCUT2D eigenvalue weighted by Gasteiger charge is -2.07. The van der Waals surface area contributed by atoms with Crippen LogP contribution in [0.5, 0.6) is 0 Å². The summed E-state index contributed by atoms with van der Waals surface area (Å²) in [6.07, 6.45) is 3.10. The van der Waals surface area contributed by atoms with Gasteiger partial charge in [-0.05, 0) is 37.8 Å². The molecule has 1 amide bonds. The fraction of sp³-hybridized carbons (Fsp3) is 0.294. The molecule has 0 saturated heterocycles. The van der Waals surface area contributed by atoms with Gasteiger partial charge in [0.25, 0.3) is 5.69 Å². The van der Waals surface area contributed by atoms with Gasteiger partial charge in [-0.25, -0.2) is 4.98 Å². The van der Waals surface area contributed by atoms with Crippen LogP contribution < -0.4 is 5.32 Å². The van der Waals surface area contributed by atoms with E-state index in [1.807, 2.05) is 6.92 Å². The zero-order chi connectivity index (χ0) is 16.8. The Kier molecular flexibility index (Phi) is 5.41. The number of pyridine rings is 1. The molecule has 1 N–H and O–H groups in total. The van der Waals surface area contributed by atoms with Crippen LogP contribution in [-0.2, 0) is 11.2 Å². The minimum atomic E-state index is -0.507. The Hall–Kier alpha value is -2.76. The minimum absolute atomic E-state index is 0.0835. The predicted octanol–water partition coefficient (Wildman–Crippen LogP) is 3.57. The van der Waals surface area contributed by atoms with Crippen molar-refractivity contribution < 1.29 is 9.72 Å². The van der Waals surface area contributed by atoms with Crippen LogP contribution in [0.25, 0.3) is 0 Å². The molecule has 0 unspecified atom stereocenters. The highest BCUT2D eigenvalue weighted by Crippen LogP contribution is 2.18. The highest BCUT2D eigenvalue weighted by atomic mass is 16.6. The summed E-state index contributed by atoms with van der Waals surface area (Å²) in [5.74, 6) is 0.234. The van der Waals surface area contributed by atoms with E-state index in [-0.39, 0.29) is 11.6 Å². The molecular formula is C17H19N3O3. The van der Waals surface area contributed by atoms with Gasteiger partial charge in [-0.2, -0.15) is 0 Å². The second-order valence-corrected chi connectivity index (χ2v) is 5.50. The number of carbonyl (C=O) groups excluding carboxylic acids is 1. The Morgan fingerprint density at radius 1 is 1.26 bits per heavy atom. The normalized spacial score (nSPS) is 10.3. The molecule has 1 heterocycles. The van der Waals surface area contributed by atoms with Crippen molar-refractivity contribution >= 4 is 17.4 Å². The van der Waals surface area contributed by atoms with Crippen molar-refractivity contribution in [3.63, 3.8) is 0 Å². The van der Waals surface area contributed by atoms with Crippen LogP contribution >= 0.6 is 0 Å². The van der Waals surface area contributed by atoms with E-state index in [0.29, 0.717) is 17.8 Å². The third-order valence-electron chi connectivity index (χ3n) is 3.52. The van der Waals surface area contributed by atoms with Crippen molar-refractivity contribution in [1.29, 1.82) is 0 Å². The van der Waals surface area contributed by atoms with Gasteiger partial charge in [-0.3, -0.25) is 14.9 Å². The van der Waals surface area contributed by atoms with Gasteiger partial charge in [0.2, 0.25) is 5.91 Å². The van der Waals surface area contributed by atoms with Crippen molar-refractivity contribution in [2.24, 2.45) is 0 Å². The van der Waals surface area contributed by atoms with Gasteiger partial charge in [0, 0.05) is 12.5 Å². The number of nitro groups is 1. The molecular weight excluding hydrogens is 294 g/mol. The summed E-state index contributed by atoms with van der Waals surface area (Å²) in [5, 5.41) is 13.4. The summed E-state index contributed by atoms with van der Waals surface area (Å²) < 4.78 is 0. The fourth-order valence-corrected chi connectivity index (χ4v) is 2.19. The van der Waals surface area contributed by atoms with Crippen LogP contribution in [0.15, 0.2) is 36.5 Å². The molecule has 0 spiro atoms. The summed E-state index contributed by atoms with van der Waals surface area (Å²) >= 11 is 0. The van der Waals surface area contributed by atoms with Gasteiger partial charge >= 0.3 is 0 Å². The molecule has 0 fully saturated rings. The Morgan fingerprint density at radius 2 is 1.96 bits per heavy atom. The molecule has 6 heteroatoms. The van der Waals surface area contributed by atoms with Crippen molar-refractivity contribution in [3.8, 4) is 0 Å². The zero-order valence-corrected chi connectivity index (χ0v) is 13.2. The maximum absolute atomic E-state index is 11.9. The van der Waals surface area contributed by atoms with E-state index < -0.39 is 4.92 Å². The number of hydrogen-bond acceptors (Lipinski definition) is 4. The number of nitrogens with zero attached hydrogens (tertiary/aromatic N) is 2. The molecule has 120 valence electrons. The third-order valence-corrected chi connectivity index (χ3v) is 3.52. The first kappa shape index (κ1) is 16.6. The monoisotopic (exact) mass is 313 g/mol. The number of benzene rings is 1. The van der Waals surface area contributed by atoms with Gasteiger partial charge in [-0.1, -0.05) is 29.8 Å². The first-order valence-corrected chi connectivity index (χ1v) is 7.42. The van der Waals surface area contributed by atoms with Crippen LogP contribution in [0.1, 0.15) is 29.5 Å².